The fourth-order valence-electron chi connectivity index (χ4n) is 2.99. The minimum Gasteiger partial charge on any atom is -0.487 e. The highest BCUT2D eigenvalue weighted by molar-refractivity contribution is 7.81. The number of Topliss-reactive ketones (excluding diaryl/α,β-unsaturated/α-hetero) is 1. The van der Waals surface area contributed by atoms with Gasteiger partial charge in [-0.2, -0.15) is 17.2 Å². The third kappa shape index (κ3) is 6.99. The van der Waals surface area contributed by atoms with Crippen LogP contribution in [0.1, 0.15) is 36.3 Å². The van der Waals surface area contributed by atoms with Crippen LogP contribution in [-0.4, -0.2) is 36.5 Å². The number of hydrogen-bond donors (Lipinski definition) is 1. The van der Waals surface area contributed by atoms with Crippen LogP contribution in [0.5, 0.6) is 17.2 Å². The zero-order chi connectivity index (χ0) is 24.9. The topological polar surface area (TPSA) is 125 Å². The van der Waals surface area contributed by atoms with E-state index in [1.54, 1.807) is 13.8 Å². The second-order valence-electron chi connectivity index (χ2n) is 7.28. The van der Waals surface area contributed by atoms with Crippen molar-refractivity contribution in [1.29, 1.82) is 0 Å². The van der Waals surface area contributed by atoms with E-state index in [1.165, 1.54) is 48.7 Å². The van der Waals surface area contributed by atoms with Gasteiger partial charge in [-0.15, -0.1) is 0 Å². The van der Waals surface area contributed by atoms with Gasteiger partial charge in [0.15, 0.2) is 23.0 Å². The molecule has 3 aromatic rings. The molecule has 0 amide bonds. The van der Waals surface area contributed by atoms with Crippen LogP contribution in [0, 0.1) is 0 Å². The number of nitrogens with zero attached hydrogens (tertiary/aromatic N) is 1. The number of aryl methyl sites for hydroxylation is 1. The van der Waals surface area contributed by atoms with E-state index < -0.39 is 22.8 Å². The van der Waals surface area contributed by atoms with Crippen molar-refractivity contribution in [2.24, 2.45) is 0 Å². The maximum atomic E-state index is 12.7. The second-order valence-corrected chi connectivity index (χ2v) is 8.30. The highest BCUT2D eigenvalue weighted by atomic mass is 32.3. The molecule has 34 heavy (non-hydrogen) atoms. The molecule has 1 heterocycles. The molecule has 0 aliphatic heterocycles. The first kappa shape index (κ1) is 25.1. The number of hydrogen-bond acceptors (Lipinski definition) is 8. The number of carbonyl (C=O) groups excluding carboxylic acids is 1. The van der Waals surface area contributed by atoms with E-state index in [-0.39, 0.29) is 47.6 Å². The first-order chi connectivity index (χ1) is 16.0. The third-order valence-electron chi connectivity index (χ3n) is 4.31. The molecule has 2 aromatic carbocycles. The molecule has 0 radical (unpaired) electrons. The van der Waals surface area contributed by atoms with Crippen LogP contribution in [0.15, 0.2) is 53.1 Å². The summed E-state index contributed by atoms with van der Waals surface area (Å²) in [7, 11) is -4.79. The van der Waals surface area contributed by atoms with Gasteiger partial charge in [-0.3, -0.25) is 9.35 Å². The average Bonchev–Trinajstić information content (AvgIpc) is 3.21. The fraction of sp³-hybridized carbons (Fsp3) is 0.273. The number of ether oxygens (including phenoxy) is 2. The lowest BCUT2D eigenvalue weighted by molar-refractivity contribution is -0.0518. The van der Waals surface area contributed by atoms with E-state index in [0.29, 0.717) is 11.3 Å². The van der Waals surface area contributed by atoms with Crippen LogP contribution >= 0.6 is 0 Å². The molecule has 0 unspecified atom stereocenters. The molecule has 0 aliphatic carbocycles. The molecule has 1 N–H and O–H groups in total. The number of rotatable bonds is 11. The van der Waals surface area contributed by atoms with Gasteiger partial charge in [0.25, 0.3) is 0 Å². The maximum absolute atomic E-state index is 12.7. The molecule has 0 saturated carbocycles. The summed E-state index contributed by atoms with van der Waals surface area (Å²) < 4.78 is 76.1. The smallest absolute Gasteiger partial charge is 0.446 e. The second kappa shape index (κ2) is 10.6. The van der Waals surface area contributed by atoms with Crippen LogP contribution in [0.2, 0.25) is 0 Å². The Bertz CT molecular complexity index is 1260. The molecule has 12 heteroatoms. The molecule has 1 aromatic heterocycles. The molecule has 0 aliphatic rings. The van der Waals surface area contributed by atoms with Crippen molar-refractivity contribution in [1.82, 2.24) is 4.98 Å². The molecule has 0 spiro atoms. The van der Waals surface area contributed by atoms with Crippen molar-refractivity contribution in [3.05, 3.63) is 60.0 Å². The van der Waals surface area contributed by atoms with Gasteiger partial charge in [0.05, 0.1) is 17.4 Å². The van der Waals surface area contributed by atoms with E-state index in [4.69, 9.17) is 13.7 Å². The van der Waals surface area contributed by atoms with Crippen molar-refractivity contribution >= 4 is 16.2 Å². The first-order valence-corrected chi connectivity index (χ1v) is 11.4. The summed E-state index contributed by atoms with van der Waals surface area (Å²) in [5, 5.41) is 0. The van der Waals surface area contributed by atoms with E-state index in [1.807, 2.05) is 0 Å². The van der Waals surface area contributed by atoms with Gasteiger partial charge in [-0.05, 0) is 44.2 Å². The molecule has 182 valence electrons. The number of alkyl halides is 2. The summed E-state index contributed by atoms with van der Waals surface area (Å²) in [6.07, 6.45) is 1.15. The summed E-state index contributed by atoms with van der Waals surface area (Å²) in [5.41, 5.74) is 0.853. The molecular weight excluding hydrogens is 476 g/mol. The summed E-state index contributed by atoms with van der Waals surface area (Å²) >= 11 is 0. The number of benzene rings is 2. The van der Waals surface area contributed by atoms with Gasteiger partial charge in [-0.1, -0.05) is 12.1 Å². The zero-order valence-electron chi connectivity index (χ0n) is 18.1. The molecule has 9 nitrogen and oxygen atoms in total. The molecule has 0 fully saturated rings. The van der Waals surface area contributed by atoms with Crippen molar-refractivity contribution in [3.8, 4) is 28.7 Å². The van der Waals surface area contributed by atoms with Crippen LogP contribution in [-0.2, 0) is 16.8 Å². The largest absolute Gasteiger partial charge is 0.487 e. The Morgan fingerprint density at radius 2 is 1.82 bits per heavy atom. The Labute approximate surface area is 194 Å². The number of halogens is 2. The van der Waals surface area contributed by atoms with Crippen molar-refractivity contribution in [3.63, 3.8) is 0 Å². The quantitative estimate of drug-likeness (QED) is 0.296. The first-order valence-electron chi connectivity index (χ1n) is 10.0. The maximum Gasteiger partial charge on any atom is 0.446 e. The zero-order valence-corrected chi connectivity index (χ0v) is 18.9. The van der Waals surface area contributed by atoms with Gasteiger partial charge in [-0.25, -0.2) is 4.98 Å². The third-order valence-corrected chi connectivity index (χ3v) is 4.70. The summed E-state index contributed by atoms with van der Waals surface area (Å²) in [6.45, 7) is 0.454. The lowest BCUT2D eigenvalue weighted by atomic mass is 10.0. The fourth-order valence-corrected chi connectivity index (χ4v) is 3.37. The van der Waals surface area contributed by atoms with Crippen LogP contribution < -0.4 is 13.7 Å². The number of para-hydroxylation sites is 1. The van der Waals surface area contributed by atoms with Crippen LogP contribution in [0.25, 0.3) is 11.5 Å². The Morgan fingerprint density at radius 1 is 1.09 bits per heavy atom. The van der Waals surface area contributed by atoms with E-state index >= 15 is 0 Å². The lowest BCUT2D eigenvalue weighted by Gasteiger charge is -2.15. The number of carbonyl (C=O) groups is 1. The highest BCUT2D eigenvalue weighted by Gasteiger charge is 2.19. The Morgan fingerprint density at radius 3 is 2.50 bits per heavy atom. The summed E-state index contributed by atoms with van der Waals surface area (Å²) in [6, 6.07) is 9.85. The molecular formula is C22H21F2NO8S. The van der Waals surface area contributed by atoms with Crippen molar-refractivity contribution in [2.75, 3.05) is 0 Å². The monoisotopic (exact) mass is 497 g/mol. The Hall–Kier alpha value is -3.51. The van der Waals surface area contributed by atoms with Gasteiger partial charge >= 0.3 is 17.0 Å². The molecule has 3 rings (SSSR count). The van der Waals surface area contributed by atoms with Crippen LogP contribution in [0.3, 0.4) is 0 Å². The molecule has 0 bridgehead atoms. The highest BCUT2D eigenvalue weighted by Crippen LogP contribution is 2.34. The number of ketones is 1. The van der Waals surface area contributed by atoms with Gasteiger partial charge in [0, 0.05) is 18.4 Å². The average molecular weight is 497 g/mol. The Kier molecular flexibility index (Phi) is 7.84. The van der Waals surface area contributed by atoms with E-state index in [2.05, 4.69) is 13.9 Å². The van der Waals surface area contributed by atoms with Gasteiger partial charge < -0.3 is 18.1 Å². The minimum absolute atomic E-state index is 0.0195. The standard InChI is InChI=1S/C22H21F2NO8S/c1-13(2)31-20-11-14(7-10-19(20)32-22(23)24)21-25-15(12-30-21)8-9-17(26)16-5-3-4-6-18(16)33-34(27,28)29/h3-7,10-13,22H,8-9H2,1-2H3,(H,27,28,29). The van der Waals surface area contributed by atoms with Crippen molar-refractivity contribution < 1.29 is 44.6 Å². The van der Waals surface area contributed by atoms with Crippen LogP contribution in [0.4, 0.5) is 8.78 Å². The predicted octanol–water partition coefficient (Wildman–Crippen LogP) is 4.73. The number of oxazole rings is 1. The SMILES string of the molecule is CC(C)Oc1cc(-c2nc(CCC(=O)c3ccccc3OS(=O)(=O)O)co2)ccc1OC(F)F. The number of aromatic nitrogens is 1. The molecule has 0 atom stereocenters. The van der Waals surface area contributed by atoms with Gasteiger partial charge in [0.2, 0.25) is 5.89 Å². The normalized spacial score (nSPS) is 11.6. The Balaban J connectivity index is 1.74. The molecule has 0 saturated heterocycles. The summed E-state index contributed by atoms with van der Waals surface area (Å²) in [4.78, 5) is 16.9. The predicted molar refractivity (Wildman–Crippen MR) is 116 cm³/mol. The lowest BCUT2D eigenvalue weighted by Crippen LogP contribution is -2.11. The van der Waals surface area contributed by atoms with E-state index in [9.17, 15) is 22.0 Å². The van der Waals surface area contributed by atoms with Crippen molar-refractivity contribution in [2.45, 2.75) is 39.4 Å². The minimum atomic E-state index is -4.79. The summed E-state index contributed by atoms with van der Waals surface area (Å²) in [5.74, 6) is -0.590. The van der Waals surface area contributed by atoms with Gasteiger partial charge in [0.1, 0.15) is 6.26 Å². The van der Waals surface area contributed by atoms with E-state index in [0.717, 1.165) is 0 Å².